The predicted octanol–water partition coefficient (Wildman–Crippen LogP) is 4.17. The maximum atomic E-state index is 13.1. The molecule has 1 atom stereocenters. The van der Waals surface area contributed by atoms with E-state index in [4.69, 9.17) is 0 Å². The lowest BCUT2D eigenvalue weighted by molar-refractivity contribution is -0.253. The lowest BCUT2D eigenvalue weighted by Crippen LogP contribution is -2.33. The van der Waals surface area contributed by atoms with Crippen molar-refractivity contribution in [1.29, 1.82) is 0 Å². The molecule has 28 heavy (non-hydrogen) atoms. The number of H-pyrrole nitrogens is 1. The van der Waals surface area contributed by atoms with Crippen molar-refractivity contribution in [3.8, 4) is 5.75 Å². The van der Waals surface area contributed by atoms with Gasteiger partial charge in [0.25, 0.3) is 0 Å². The van der Waals surface area contributed by atoms with Crippen molar-refractivity contribution in [3.05, 3.63) is 48.0 Å². The molecule has 1 aromatic heterocycles. The standard InChI is InChI=1S/C18H17F4N3O2S/c1-25(2)15-6-4-3-5-11(15)10-28(26)17-23-13-8-7-12(9-14(13)24-17)27-18(21,22)16(19)20/h3-9,16H,10H2,1-2H3,(H,23,24). The Morgan fingerprint density at radius 1 is 1.21 bits per heavy atom. The minimum Gasteiger partial charge on any atom is -0.428 e. The zero-order valence-electron chi connectivity index (χ0n) is 15.0. The van der Waals surface area contributed by atoms with Gasteiger partial charge in [0.15, 0.2) is 5.16 Å². The summed E-state index contributed by atoms with van der Waals surface area (Å²) in [4.78, 5) is 8.88. The molecule has 0 radical (unpaired) electrons. The molecule has 0 aliphatic rings. The largest absolute Gasteiger partial charge is 0.461 e. The number of alkyl halides is 4. The van der Waals surface area contributed by atoms with Crippen LogP contribution in [0.25, 0.3) is 11.0 Å². The molecular weight excluding hydrogens is 398 g/mol. The minimum absolute atomic E-state index is 0.154. The average molecular weight is 415 g/mol. The smallest absolute Gasteiger partial charge is 0.428 e. The molecule has 0 amide bonds. The van der Waals surface area contributed by atoms with Gasteiger partial charge in [0.1, 0.15) is 5.75 Å². The first-order chi connectivity index (χ1) is 13.2. The molecule has 2 aromatic carbocycles. The molecule has 150 valence electrons. The monoisotopic (exact) mass is 415 g/mol. The van der Waals surface area contributed by atoms with Crippen LogP contribution < -0.4 is 9.64 Å². The minimum atomic E-state index is -4.60. The molecule has 0 bridgehead atoms. The number of nitrogens with zero attached hydrogens (tertiary/aromatic N) is 2. The molecule has 0 fully saturated rings. The van der Waals surface area contributed by atoms with Gasteiger partial charge in [0.05, 0.1) is 27.6 Å². The number of hydrogen-bond acceptors (Lipinski definition) is 4. The Balaban J connectivity index is 1.84. The van der Waals surface area contributed by atoms with Crippen molar-refractivity contribution in [3.63, 3.8) is 0 Å². The summed E-state index contributed by atoms with van der Waals surface area (Å²) in [5.41, 5.74) is 2.38. The first kappa shape index (κ1) is 20.1. The molecule has 10 heteroatoms. The highest BCUT2D eigenvalue weighted by Crippen LogP contribution is 2.29. The van der Waals surface area contributed by atoms with E-state index in [9.17, 15) is 21.8 Å². The summed E-state index contributed by atoms with van der Waals surface area (Å²) in [6.45, 7) is 0. The molecule has 0 aliphatic heterocycles. The highest BCUT2D eigenvalue weighted by molar-refractivity contribution is 7.84. The van der Waals surface area contributed by atoms with Gasteiger partial charge in [-0.25, -0.2) is 4.98 Å². The van der Waals surface area contributed by atoms with E-state index in [1.54, 1.807) is 0 Å². The van der Waals surface area contributed by atoms with Crippen LogP contribution in [0.15, 0.2) is 47.6 Å². The zero-order chi connectivity index (χ0) is 20.5. The number of imidazole rings is 1. The summed E-state index contributed by atoms with van der Waals surface area (Å²) in [6.07, 6.45) is -8.56. The molecule has 1 N–H and O–H groups in total. The van der Waals surface area contributed by atoms with Crippen LogP contribution >= 0.6 is 0 Å². The molecule has 1 unspecified atom stereocenters. The lowest BCUT2D eigenvalue weighted by atomic mass is 10.2. The highest BCUT2D eigenvalue weighted by atomic mass is 32.2. The second-order valence-corrected chi connectivity index (χ2v) is 7.56. The van der Waals surface area contributed by atoms with E-state index < -0.39 is 29.1 Å². The van der Waals surface area contributed by atoms with Crippen molar-refractivity contribution in [1.82, 2.24) is 9.97 Å². The normalized spacial score (nSPS) is 13.1. The quantitative estimate of drug-likeness (QED) is 0.589. The van der Waals surface area contributed by atoms with Crippen molar-refractivity contribution in [2.45, 2.75) is 23.4 Å². The SMILES string of the molecule is CN(C)c1ccccc1CS(=O)c1nc2ccc(OC(F)(F)C(F)F)cc2[nH]1. The summed E-state index contributed by atoms with van der Waals surface area (Å²) in [7, 11) is 2.22. The van der Waals surface area contributed by atoms with Gasteiger partial charge >= 0.3 is 12.5 Å². The third-order valence-corrected chi connectivity index (χ3v) is 5.11. The van der Waals surface area contributed by atoms with Gasteiger partial charge in [-0.05, 0) is 23.8 Å². The Bertz CT molecular complexity index is 1010. The fraction of sp³-hybridized carbons (Fsp3) is 0.278. The van der Waals surface area contributed by atoms with E-state index in [2.05, 4.69) is 14.7 Å². The highest BCUT2D eigenvalue weighted by Gasteiger charge is 2.44. The number of hydrogen-bond donors (Lipinski definition) is 1. The van der Waals surface area contributed by atoms with E-state index in [1.165, 1.54) is 6.07 Å². The number of aromatic nitrogens is 2. The maximum Gasteiger partial charge on any atom is 0.461 e. The van der Waals surface area contributed by atoms with Crippen LogP contribution in [0.4, 0.5) is 23.2 Å². The fourth-order valence-electron chi connectivity index (χ4n) is 2.62. The van der Waals surface area contributed by atoms with Crippen molar-refractivity contribution in [2.24, 2.45) is 0 Å². The van der Waals surface area contributed by atoms with Gasteiger partial charge in [-0.3, -0.25) is 4.21 Å². The maximum absolute atomic E-state index is 13.1. The Hall–Kier alpha value is -2.62. The number of nitrogens with one attached hydrogen (secondary N) is 1. The van der Waals surface area contributed by atoms with E-state index in [1.807, 2.05) is 43.3 Å². The number of halogens is 4. The third-order valence-electron chi connectivity index (χ3n) is 3.92. The van der Waals surface area contributed by atoms with E-state index in [-0.39, 0.29) is 16.4 Å². The number of ether oxygens (including phenoxy) is 1. The number of benzene rings is 2. The molecule has 0 spiro atoms. The van der Waals surface area contributed by atoms with Crippen LogP contribution in [0.5, 0.6) is 5.75 Å². The van der Waals surface area contributed by atoms with Gasteiger partial charge in [0, 0.05) is 25.8 Å². The van der Waals surface area contributed by atoms with Gasteiger partial charge in [-0.15, -0.1) is 0 Å². The molecule has 3 aromatic rings. The van der Waals surface area contributed by atoms with Gasteiger partial charge in [-0.1, -0.05) is 18.2 Å². The van der Waals surface area contributed by atoms with Crippen LogP contribution in [0.2, 0.25) is 0 Å². The summed E-state index contributed by atoms with van der Waals surface area (Å²) >= 11 is 0. The Kier molecular flexibility index (Phi) is 5.59. The molecule has 0 saturated carbocycles. The molecule has 5 nitrogen and oxygen atoms in total. The molecule has 0 saturated heterocycles. The summed E-state index contributed by atoms with van der Waals surface area (Å²) in [5.74, 6) is -0.252. The second-order valence-electron chi connectivity index (χ2n) is 6.20. The first-order valence-corrected chi connectivity index (χ1v) is 9.47. The molecular formula is C18H17F4N3O2S. The zero-order valence-corrected chi connectivity index (χ0v) is 15.8. The Morgan fingerprint density at radius 2 is 1.93 bits per heavy atom. The number of anilines is 1. The summed E-state index contributed by atoms with van der Waals surface area (Å²) < 4.78 is 67.5. The van der Waals surface area contributed by atoms with Crippen LogP contribution in [-0.2, 0) is 16.6 Å². The number of fused-ring (bicyclic) bond motifs is 1. The molecule has 3 rings (SSSR count). The summed E-state index contributed by atoms with van der Waals surface area (Å²) in [6, 6.07) is 11.0. The van der Waals surface area contributed by atoms with Crippen molar-refractivity contribution in [2.75, 3.05) is 19.0 Å². The van der Waals surface area contributed by atoms with Crippen LogP contribution in [0.1, 0.15) is 5.56 Å². The Morgan fingerprint density at radius 3 is 2.61 bits per heavy atom. The second kappa shape index (κ2) is 7.78. The number of aromatic amines is 1. The van der Waals surface area contributed by atoms with Crippen molar-refractivity contribution >= 4 is 27.5 Å². The third kappa shape index (κ3) is 4.27. The van der Waals surface area contributed by atoms with Gasteiger partial charge < -0.3 is 14.6 Å². The average Bonchev–Trinajstić information content (AvgIpc) is 3.05. The van der Waals surface area contributed by atoms with Gasteiger partial charge in [-0.2, -0.15) is 17.6 Å². The van der Waals surface area contributed by atoms with Crippen LogP contribution in [0.3, 0.4) is 0 Å². The fourth-order valence-corrected chi connectivity index (χ4v) is 3.70. The van der Waals surface area contributed by atoms with Crippen LogP contribution in [0, 0.1) is 0 Å². The van der Waals surface area contributed by atoms with E-state index in [0.717, 1.165) is 23.4 Å². The van der Waals surface area contributed by atoms with Crippen molar-refractivity contribution < 1.29 is 26.5 Å². The van der Waals surface area contributed by atoms with E-state index >= 15 is 0 Å². The van der Waals surface area contributed by atoms with Gasteiger partial charge in [0.2, 0.25) is 0 Å². The number of para-hydroxylation sites is 1. The summed E-state index contributed by atoms with van der Waals surface area (Å²) in [5, 5.41) is 0.154. The topological polar surface area (TPSA) is 58.2 Å². The predicted molar refractivity (Wildman–Crippen MR) is 98.6 cm³/mol. The number of rotatable bonds is 7. The van der Waals surface area contributed by atoms with Crippen LogP contribution in [-0.4, -0.2) is 40.8 Å². The Labute approximate surface area is 160 Å². The van der Waals surface area contributed by atoms with E-state index in [0.29, 0.717) is 5.52 Å². The molecule has 0 aliphatic carbocycles. The lowest BCUT2D eigenvalue weighted by Gasteiger charge is -2.16. The first-order valence-electron chi connectivity index (χ1n) is 8.15. The molecule has 1 heterocycles.